The average Bonchev–Trinajstić information content (AvgIpc) is 3.02. The molecule has 1 fully saturated rings. The number of aryl methyl sites for hydroxylation is 1. The number of guanidine groups is 1. The number of aliphatic imine (C=N–C) groups is 1. The topological polar surface area (TPSA) is 58.3 Å². The Morgan fingerprint density at radius 2 is 1.96 bits per heavy atom. The molecular weight excluding hydrogens is 463 g/mol. The van der Waals surface area contributed by atoms with E-state index < -0.39 is 0 Å². The molecule has 3 rings (SSSR count). The highest BCUT2D eigenvalue weighted by atomic mass is 127. The molecule has 1 aliphatic rings. The fraction of sp³-hybridized carbons (Fsp3) is 0.476. The third-order valence-electron chi connectivity index (χ3n) is 5.24. The zero-order valence-corrected chi connectivity index (χ0v) is 19.2. The van der Waals surface area contributed by atoms with Gasteiger partial charge in [0.05, 0.1) is 0 Å². The van der Waals surface area contributed by atoms with Gasteiger partial charge < -0.3 is 14.8 Å². The van der Waals surface area contributed by atoms with Crippen LogP contribution in [0, 0.1) is 12.8 Å². The van der Waals surface area contributed by atoms with Gasteiger partial charge in [0.25, 0.3) is 0 Å². The summed E-state index contributed by atoms with van der Waals surface area (Å²) in [4.78, 5) is 7.15. The van der Waals surface area contributed by atoms with E-state index in [9.17, 15) is 0 Å². The maximum atomic E-state index is 4.80. The molecule has 0 atom stereocenters. The molecule has 1 aromatic heterocycles. The second-order valence-electron chi connectivity index (χ2n) is 7.15. The molecular formula is C21H31IN6. The predicted octanol–water partition coefficient (Wildman–Crippen LogP) is 3.33. The van der Waals surface area contributed by atoms with Gasteiger partial charge in [-0.15, -0.1) is 40.8 Å². The number of likely N-dealkylation sites (tertiary alicyclic amines) is 1. The molecule has 0 aliphatic carbocycles. The standard InChI is InChI=1S/C21H30N6.HI/c1-4-12-22-21(23-16-20-25-24-17(2)26(20)3)27-13-10-19(11-14-27)15-18-8-6-5-7-9-18;/h4-9,19H,1,10-16H2,2-3H3,(H,22,23);1H. The van der Waals surface area contributed by atoms with Crippen molar-refractivity contribution in [1.29, 1.82) is 0 Å². The molecule has 1 aromatic carbocycles. The van der Waals surface area contributed by atoms with Gasteiger partial charge in [-0.25, -0.2) is 4.99 Å². The monoisotopic (exact) mass is 494 g/mol. The average molecular weight is 494 g/mol. The van der Waals surface area contributed by atoms with Crippen molar-refractivity contribution < 1.29 is 0 Å². The van der Waals surface area contributed by atoms with E-state index in [4.69, 9.17) is 4.99 Å². The van der Waals surface area contributed by atoms with E-state index in [-0.39, 0.29) is 24.0 Å². The maximum absolute atomic E-state index is 4.80. The number of nitrogens with zero attached hydrogens (tertiary/aromatic N) is 5. The summed E-state index contributed by atoms with van der Waals surface area (Å²) >= 11 is 0. The maximum Gasteiger partial charge on any atom is 0.194 e. The quantitative estimate of drug-likeness (QED) is 0.290. The van der Waals surface area contributed by atoms with Crippen molar-refractivity contribution >= 4 is 29.9 Å². The molecule has 2 aromatic rings. The summed E-state index contributed by atoms with van der Waals surface area (Å²) < 4.78 is 1.99. The van der Waals surface area contributed by atoms with Crippen LogP contribution in [0.1, 0.15) is 30.1 Å². The van der Waals surface area contributed by atoms with Crippen molar-refractivity contribution in [2.24, 2.45) is 18.0 Å². The SMILES string of the molecule is C=CCNC(=NCc1nnc(C)n1C)N1CCC(Cc2ccccc2)CC1.I. The molecule has 28 heavy (non-hydrogen) atoms. The predicted molar refractivity (Wildman–Crippen MR) is 125 cm³/mol. The van der Waals surface area contributed by atoms with Gasteiger partial charge in [0.1, 0.15) is 12.4 Å². The van der Waals surface area contributed by atoms with Crippen molar-refractivity contribution in [3.8, 4) is 0 Å². The third-order valence-corrected chi connectivity index (χ3v) is 5.24. The van der Waals surface area contributed by atoms with E-state index in [0.29, 0.717) is 13.1 Å². The van der Waals surface area contributed by atoms with E-state index in [1.807, 2.05) is 24.6 Å². The molecule has 152 valence electrons. The van der Waals surface area contributed by atoms with Gasteiger partial charge in [-0.3, -0.25) is 0 Å². The molecule has 0 radical (unpaired) electrons. The Hall–Kier alpha value is -1.90. The number of nitrogens with one attached hydrogen (secondary N) is 1. The minimum absolute atomic E-state index is 0. The molecule has 0 bridgehead atoms. The molecule has 0 saturated carbocycles. The molecule has 6 nitrogen and oxygen atoms in total. The van der Waals surface area contributed by atoms with Crippen molar-refractivity contribution in [1.82, 2.24) is 25.0 Å². The summed E-state index contributed by atoms with van der Waals surface area (Å²) in [6, 6.07) is 10.8. The smallest absolute Gasteiger partial charge is 0.194 e. The Kier molecular flexibility index (Phi) is 8.95. The minimum atomic E-state index is 0. The van der Waals surface area contributed by atoms with Crippen LogP contribution in [0.3, 0.4) is 0 Å². The van der Waals surface area contributed by atoms with Crippen LogP contribution in [0.4, 0.5) is 0 Å². The van der Waals surface area contributed by atoms with Crippen molar-refractivity contribution in [3.05, 3.63) is 60.2 Å². The molecule has 1 N–H and O–H groups in total. The van der Waals surface area contributed by atoms with Crippen LogP contribution in [0.2, 0.25) is 0 Å². The molecule has 0 amide bonds. The van der Waals surface area contributed by atoms with Crippen LogP contribution in [0.5, 0.6) is 0 Å². The zero-order valence-electron chi connectivity index (χ0n) is 16.8. The molecule has 1 aliphatic heterocycles. The summed E-state index contributed by atoms with van der Waals surface area (Å²) in [6.07, 6.45) is 5.41. The molecule has 1 saturated heterocycles. The van der Waals surface area contributed by atoms with E-state index in [2.05, 4.69) is 57.3 Å². The van der Waals surface area contributed by atoms with Crippen LogP contribution in [0.25, 0.3) is 0 Å². The van der Waals surface area contributed by atoms with Crippen LogP contribution < -0.4 is 5.32 Å². The largest absolute Gasteiger partial charge is 0.353 e. The summed E-state index contributed by atoms with van der Waals surface area (Å²) in [6.45, 7) is 9.05. The molecule has 0 unspecified atom stereocenters. The van der Waals surface area contributed by atoms with Gasteiger partial charge in [-0.1, -0.05) is 36.4 Å². The summed E-state index contributed by atoms with van der Waals surface area (Å²) in [5.41, 5.74) is 1.44. The fourth-order valence-corrected chi connectivity index (χ4v) is 3.46. The number of rotatable bonds is 6. The number of halogens is 1. The first-order valence-electron chi connectivity index (χ1n) is 9.70. The van der Waals surface area contributed by atoms with E-state index in [0.717, 1.165) is 36.6 Å². The lowest BCUT2D eigenvalue weighted by atomic mass is 9.90. The van der Waals surface area contributed by atoms with Gasteiger partial charge in [0.15, 0.2) is 11.8 Å². The highest BCUT2D eigenvalue weighted by Gasteiger charge is 2.22. The summed E-state index contributed by atoms with van der Waals surface area (Å²) in [7, 11) is 1.98. The molecule has 2 heterocycles. The first-order chi connectivity index (χ1) is 13.2. The van der Waals surface area contributed by atoms with Crippen LogP contribution >= 0.6 is 24.0 Å². The van der Waals surface area contributed by atoms with Crippen molar-refractivity contribution in [3.63, 3.8) is 0 Å². The van der Waals surface area contributed by atoms with Gasteiger partial charge in [-0.05, 0) is 37.7 Å². The Labute approximate surface area is 185 Å². The van der Waals surface area contributed by atoms with Gasteiger partial charge in [0.2, 0.25) is 0 Å². The number of piperidine rings is 1. The number of benzene rings is 1. The number of hydrogen-bond donors (Lipinski definition) is 1. The lowest BCUT2D eigenvalue weighted by Gasteiger charge is -2.34. The minimum Gasteiger partial charge on any atom is -0.353 e. The van der Waals surface area contributed by atoms with E-state index >= 15 is 0 Å². The lowest BCUT2D eigenvalue weighted by Crippen LogP contribution is -2.46. The second kappa shape index (κ2) is 11.2. The summed E-state index contributed by atoms with van der Waals surface area (Å²) in [5.74, 6) is 3.46. The Morgan fingerprint density at radius 1 is 1.25 bits per heavy atom. The van der Waals surface area contributed by atoms with Crippen molar-refractivity contribution in [2.45, 2.75) is 32.7 Å². The van der Waals surface area contributed by atoms with Crippen LogP contribution in [-0.4, -0.2) is 45.3 Å². The lowest BCUT2D eigenvalue weighted by molar-refractivity contribution is 0.259. The Bertz CT molecular complexity index is 762. The fourth-order valence-electron chi connectivity index (χ4n) is 3.46. The summed E-state index contributed by atoms with van der Waals surface area (Å²) in [5, 5.41) is 11.7. The second-order valence-corrected chi connectivity index (χ2v) is 7.15. The van der Waals surface area contributed by atoms with Gasteiger partial charge in [-0.2, -0.15) is 0 Å². The van der Waals surface area contributed by atoms with E-state index in [1.165, 1.54) is 24.8 Å². The zero-order chi connectivity index (χ0) is 19.1. The first-order valence-corrected chi connectivity index (χ1v) is 9.70. The highest BCUT2D eigenvalue weighted by Crippen LogP contribution is 2.21. The van der Waals surface area contributed by atoms with E-state index in [1.54, 1.807) is 0 Å². The first kappa shape index (κ1) is 22.4. The van der Waals surface area contributed by atoms with Crippen molar-refractivity contribution in [2.75, 3.05) is 19.6 Å². The Balaban J connectivity index is 0.00000280. The number of hydrogen-bond acceptors (Lipinski definition) is 3. The highest BCUT2D eigenvalue weighted by molar-refractivity contribution is 14.0. The number of aromatic nitrogens is 3. The van der Waals surface area contributed by atoms with Gasteiger partial charge in [0, 0.05) is 26.7 Å². The molecule has 7 heteroatoms. The van der Waals surface area contributed by atoms with Gasteiger partial charge >= 0.3 is 0 Å². The Morgan fingerprint density at radius 3 is 2.57 bits per heavy atom. The third kappa shape index (κ3) is 6.05. The van der Waals surface area contributed by atoms with Crippen LogP contribution in [0.15, 0.2) is 48.0 Å². The normalized spacial score (nSPS) is 15.2. The van der Waals surface area contributed by atoms with Crippen LogP contribution in [-0.2, 0) is 20.0 Å². The molecule has 0 spiro atoms.